The first-order valence-electron chi connectivity index (χ1n) is 6.29. The van der Waals surface area contributed by atoms with E-state index in [2.05, 4.69) is 18.3 Å². The van der Waals surface area contributed by atoms with Crippen LogP contribution in [0.15, 0.2) is 18.2 Å². The van der Waals surface area contributed by atoms with Gasteiger partial charge in [0, 0.05) is 6.04 Å². The fourth-order valence-corrected chi connectivity index (χ4v) is 2.05. The largest absolute Gasteiger partial charge is 0.397 e. The van der Waals surface area contributed by atoms with Crippen molar-refractivity contribution in [3.8, 4) is 6.07 Å². The molecule has 0 radical (unpaired) electrons. The predicted molar refractivity (Wildman–Crippen MR) is 70.6 cm³/mol. The SMILES string of the molecule is CCC(CC1CC1)Nc1cc(C#N)ccc1N. The summed E-state index contributed by atoms with van der Waals surface area (Å²) in [5.74, 6) is 0.896. The topological polar surface area (TPSA) is 61.8 Å². The van der Waals surface area contributed by atoms with Crippen molar-refractivity contribution in [3.63, 3.8) is 0 Å². The van der Waals surface area contributed by atoms with E-state index in [0.29, 0.717) is 11.6 Å². The summed E-state index contributed by atoms with van der Waals surface area (Å²) in [5, 5.41) is 12.3. The third-order valence-electron chi connectivity index (χ3n) is 3.35. The lowest BCUT2D eigenvalue weighted by Gasteiger charge is -2.19. The molecule has 1 fully saturated rings. The molecular formula is C14H19N3. The van der Waals surface area contributed by atoms with Crippen LogP contribution < -0.4 is 11.1 Å². The van der Waals surface area contributed by atoms with E-state index in [0.717, 1.165) is 23.7 Å². The van der Waals surface area contributed by atoms with Crippen LogP contribution in [0.5, 0.6) is 0 Å². The Labute approximate surface area is 103 Å². The molecule has 1 unspecified atom stereocenters. The molecule has 0 spiro atoms. The van der Waals surface area contributed by atoms with E-state index in [1.54, 1.807) is 12.1 Å². The Balaban J connectivity index is 2.07. The van der Waals surface area contributed by atoms with Crippen LogP contribution in [0.3, 0.4) is 0 Å². The molecule has 1 aliphatic rings. The maximum atomic E-state index is 8.88. The third-order valence-corrected chi connectivity index (χ3v) is 3.35. The maximum Gasteiger partial charge on any atom is 0.0992 e. The second-order valence-electron chi connectivity index (χ2n) is 4.84. The minimum Gasteiger partial charge on any atom is -0.397 e. The first-order valence-corrected chi connectivity index (χ1v) is 6.29. The van der Waals surface area contributed by atoms with Gasteiger partial charge in [0.25, 0.3) is 0 Å². The summed E-state index contributed by atoms with van der Waals surface area (Å²) in [5.41, 5.74) is 8.20. The summed E-state index contributed by atoms with van der Waals surface area (Å²) in [4.78, 5) is 0. The number of anilines is 2. The van der Waals surface area contributed by atoms with Crippen molar-refractivity contribution in [3.05, 3.63) is 23.8 Å². The molecule has 17 heavy (non-hydrogen) atoms. The molecule has 1 aromatic carbocycles. The fourth-order valence-electron chi connectivity index (χ4n) is 2.05. The van der Waals surface area contributed by atoms with E-state index < -0.39 is 0 Å². The van der Waals surface area contributed by atoms with E-state index in [1.165, 1.54) is 19.3 Å². The van der Waals surface area contributed by atoms with Gasteiger partial charge in [-0.2, -0.15) is 5.26 Å². The van der Waals surface area contributed by atoms with Crippen molar-refractivity contribution in [2.24, 2.45) is 5.92 Å². The maximum absolute atomic E-state index is 8.88. The Hall–Kier alpha value is -1.69. The molecule has 0 aromatic heterocycles. The fraction of sp³-hybridized carbons (Fsp3) is 0.500. The standard InChI is InChI=1S/C14H19N3/c1-2-12(7-10-3-4-10)17-14-8-11(9-15)5-6-13(14)16/h5-6,8,10,12,17H,2-4,7,16H2,1H3. The van der Waals surface area contributed by atoms with Crippen molar-refractivity contribution < 1.29 is 0 Å². The Morgan fingerprint density at radius 1 is 1.53 bits per heavy atom. The van der Waals surface area contributed by atoms with Gasteiger partial charge < -0.3 is 11.1 Å². The van der Waals surface area contributed by atoms with E-state index in [9.17, 15) is 0 Å². The molecule has 3 heteroatoms. The summed E-state index contributed by atoms with van der Waals surface area (Å²) in [6.45, 7) is 2.18. The van der Waals surface area contributed by atoms with Crippen molar-refractivity contribution in [2.75, 3.05) is 11.1 Å². The van der Waals surface area contributed by atoms with Crippen LogP contribution in [0.4, 0.5) is 11.4 Å². The smallest absolute Gasteiger partial charge is 0.0992 e. The van der Waals surface area contributed by atoms with Crippen molar-refractivity contribution >= 4 is 11.4 Å². The molecule has 0 bridgehead atoms. The van der Waals surface area contributed by atoms with Crippen LogP contribution in [0.2, 0.25) is 0 Å². The van der Waals surface area contributed by atoms with Gasteiger partial charge >= 0.3 is 0 Å². The van der Waals surface area contributed by atoms with Crippen molar-refractivity contribution in [1.82, 2.24) is 0 Å². The van der Waals surface area contributed by atoms with Crippen LogP contribution in [-0.4, -0.2) is 6.04 Å². The summed E-state index contributed by atoms with van der Waals surface area (Å²) in [7, 11) is 0. The molecule has 3 nitrogen and oxygen atoms in total. The molecule has 0 heterocycles. The number of nitrogen functional groups attached to an aromatic ring is 1. The molecule has 0 aliphatic heterocycles. The molecule has 1 aromatic rings. The number of nitrogens with zero attached hydrogens (tertiary/aromatic N) is 1. The number of hydrogen-bond donors (Lipinski definition) is 2. The Kier molecular flexibility index (Phi) is 3.53. The number of hydrogen-bond acceptors (Lipinski definition) is 3. The molecule has 2 rings (SSSR count). The Bertz CT molecular complexity index is 430. The Morgan fingerprint density at radius 3 is 2.88 bits per heavy atom. The second-order valence-corrected chi connectivity index (χ2v) is 4.84. The molecular weight excluding hydrogens is 210 g/mol. The highest BCUT2D eigenvalue weighted by molar-refractivity contribution is 5.68. The molecule has 1 saturated carbocycles. The average molecular weight is 229 g/mol. The Morgan fingerprint density at radius 2 is 2.29 bits per heavy atom. The number of rotatable bonds is 5. The van der Waals surface area contributed by atoms with E-state index in [-0.39, 0.29) is 0 Å². The average Bonchev–Trinajstić information content (AvgIpc) is 3.14. The van der Waals surface area contributed by atoms with E-state index in [1.807, 2.05) is 6.07 Å². The highest BCUT2D eigenvalue weighted by Gasteiger charge is 2.24. The van der Waals surface area contributed by atoms with Gasteiger partial charge in [0.2, 0.25) is 0 Å². The van der Waals surface area contributed by atoms with Gasteiger partial charge in [-0.15, -0.1) is 0 Å². The molecule has 0 saturated heterocycles. The number of nitrogens with two attached hydrogens (primary N) is 1. The van der Waals surface area contributed by atoms with Crippen LogP contribution in [0, 0.1) is 17.2 Å². The number of nitriles is 1. The normalized spacial score (nSPS) is 16.2. The van der Waals surface area contributed by atoms with Crippen LogP contribution in [0.25, 0.3) is 0 Å². The van der Waals surface area contributed by atoms with Gasteiger partial charge in [-0.1, -0.05) is 19.8 Å². The van der Waals surface area contributed by atoms with E-state index >= 15 is 0 Å². The van der Waals surface area contributed by atoms with Gasteiger partial charge in [-0.25, -0.2) is 0 Å². The lowest BCUT2D eigenvalue weighted by molar-refractivity contribution is 0.587. The van der Waals surface area contributed by atoms with Crippen LogP contribution in [0.1, 0.15) is 38.2 Å². The minimum atomic E-state index is 0.471. The number of benzene rings is 1. The van der Waals surface area contributed by atoms with Gasteiger partial charge in [0.15, 0.2) is 0 Å². The monoisotopic (exact) mass is 229 g/mol. The first-order chi connectivity index (χ1) is 8.22. The van der Waals surface area contributed by atoms with Crippen molar-refractivity contribution in [2.45, 2.75) is 38.6 Å². The quantitative estimate of drug-likeness (QED) is 0.762. The highest BCUT2D eigenvalue weighted by Crippen LogP contribution is 2.35. The number of nitrogens with one attached hydrogen (secondary N) is 1. The first kappa shape index (κ1) is 11.8. The molecule has 1 aliphatic carbocycles. The van der Waals surface area contributed by atoms with Crippen molar-refractivity contribution in [1.29, 1.82) is 5.26 Å². The summed E-state index contributed by atoms with van der Waals surface area (Å²) >= 11 is 0. The van der Waals surface area contributed by atoms with Gasteiger partial charge in [0.05, 0.1) is 23.0 Å². The predicted octanol–water partition coefficient (Wildman–Crippen LogP) is 3.13. The lowest BCUT2D eigenvalue weighted by atomic mass is 10.1. The zero-order valence-electron chi connectivity index (χ0n) is 10.2. The zero-order valence-corrected chi connectivity index (χ0v) is 10.2. The minimum absolute atomic E-state index is 0.471. The zero-order chi connectivity index (χ0) is 12.3. The van der Waals surface area contributed by atoms with Gasteiger partial charge in [-0.05, 0) is 37.0 Å². The molecule has 1 atom stereocenters. The second kappa shape index (κ2) is 5.09. The van der Waals surface area contributed by atoms with E-state index in [4.69, 9.17) is 11.0 Å². The summed E-state index contributed by atoms with van der Waals surface area (Å²) in [6, 6.07) is 8.00. The molecule has 90 valence electrons. The molecule has 3 N–H and O–H groups in total. The molecule has 0 amide bonds. The van der Waals surface area contributed by atoms with Crippen LogP contribution in [-0.2, 0) is 0 Å². The summed E-state index contributed by atoms with van der Waals surface area (Å²) < 4.78 is 0. The highest BCUT2D eigenvalue weighted by atomic mass is 14.9. The van der Waals surface area contributed by atoms with Gasteiger partial charge in [0.1, 0.15) is 0 Å². The lowest BCUT2D eigenvalue weighted by Crippen LogP contribution is -2.19. The van der Waals surface area contributed by atoms with Gasteiger partial charge in [-0.3, -0.25) is 0 Å². The third kappa shape index (κ3) is 3.13. The van der Waals surface area contributed by atoms with Crippen LogP contribution >= 0.6 is 0 Å². The summed E-state index contributed by atoms with van der Waals surface area (Å²) in [6.07, 6.45) is 5.04.